The molecule has 2 N–H and O–H groups in total. The third kappa shape index (κ3) is 7.83. The number of benzene rings is 2. The number of hydrogen-bond acceptors (Lipinski definition) is 4. The average molecular weight is 428 g/mol. The number of aryl methyl sites for hydroxylation is 1. The quantitative estimate of drug-likeness (QED) is 0.467. The smallest absolute Gasteiger partial charge is 0.257 e. The summed E-state index contributed by atoms with van der Waals surface area (Å²) in [5, 5.41) is 5.90. The Morgan fingerprint density at radius 3 is 2.50 bits per heavy atom. The van der Waals surface area contributed by atoms with Crippen molar-refractivity contribution in [3.8, 4) is 5.75 Å². The van der Waals surface area contributed by atoms with E-state index in [-0.39, 0.29) is 16.9 Å². The molecular formula is C23H29N3O3S. The van der Waals surface area contributed by atoms with Gasteiger partial charge in [0, 0.05) is 31.8 Å². The van der Waals surface area contributed by atoms with Gasteiger partial charge in [0.15, 0.2) is 5.11 Å². The Kier molecular flexibility index (Phi) is 9.28. The lowest BCUT2D eigenvalue weighted by molar-refractivity contribution is -0.128. The third-order valence-corrected chi connectivity index (χ3v) is 4.63. The van der Waals surface area contributed by atoms with Crippen molar-refractivity contribution in [2.75, 3.05) is 26.0 Å². The van der Waals surface area contributed by atoms with Crippen LogP contribution in [0.4, 0.5) is 5.69 Å². The van der Waals surface area contributed by atoms with Crippen molar-refractivity contribution in [1.29, 1.82) is 0 Å². The molecule has 0 fully saturated rings. The van der Waals surface area contributed by atoms with Crippen LogP contribution in [-0.2, 0) is 11.2 Å². The molecule has 0 spiro atoms. The Morgan fingerprint density at radius 2 is 1.83 bits per heavy atom. The maximum atomic E-state index is 12.5. The van der Waals surface area contributed by atoms with Crippen molar-refractivity contribution < 1.29 is 14.3 Å². The molecule has 0 aliphatic heterocycles. The monoisotopic (exact) mass is 427 g/mol. The number of amides is 2. The number of carbonyl (C=O) groups excluding carboxylic acids is 2. The van der Waals surface area contributed by atoms with Crippen molar-refractivity contribution in [1.82, 2.24) is 10.2 Å². The Morgan fingerprint density at radius 1 is 1.10 bits per heavy atom. The lowest BCUT2D eigenvalue weighted by atomic mass is 10.1. The van der Waals surface area contributed by atoms with Crippen LogP contribution in [0.1, 0.15) is 42.1 Å². The SMILES string of the molecule is CCCCOc1cccc(C(=O)NC(=S)Nc2ccc(CCC(=O)N(C)C)cc2)c1. The summed E-state index contributed by atoms with van der Waals surface area (Å²) in [5.74, 6) is 0.464. The highest BCUT2D eigenvalue weighted by molar-refractivity contribution is 7.80. The van der Waals surface area contributed by atoms with Gasteiger partial charge < -0.3 is 15.0 Å². The molecule has 0 heterocycles. The first-order valence-corrected chi connectivity index (χ1v) is 10.4. The Bertz CT molecular complexity index is 866. The molecule has 0 radical (unpaired) electrons. The van der Waals surface area contributed by atoms with Crippen molar-refractivity contribution in [3.63, 3.8) is 0 Å². The van der Waals surface area contributed by atoms with Gasteiger partial charge >= 0.3 is 0 Å². The summed E-state index contributed by atoms with van der Waals surface area (Å²) in [6.45, 7) is 2.72. The summed E-state index contributed by atoms with van der Waals surface area (Å²) in [4.78, 5) is 25.7. The number of thiocarbonyl (C=S) groups is 1. The minimum atomic E-state index is -0.299. The first kappa shape index (κ1) is 23.3. The van der Waals surface area contributed by atoms with Crippen LogP contribution in [0.25, 0.3) is 0 Å². The van der Waals surface area contributed by atoms with Crippen LogP contribution in [-0.4, -0.2) is 42.5 Å². The Balaban J connectivity index is 1.85. The van der Waals surface area contributed by atoms with Crippen LogP contribution in [0.5, 0.6) is 5.75 Å². The van der Waals surface area contributed by atoms with Crippen LogP contribution in [0.3, 0.4) is 0 Å². The number of rotatable bonds is 9. The average Bonchev–Trinajstić information content (AvgIpc) is 2.73. The number of unbranched alkanes of at least 4 members (excludes halogenated alkanes) is 1. The molecule has 2 amide bonds. The lowest BCUT2D eigenvalue weighted by Crippen LogP contribution is -2.34. The molecule has 2 aromatic carbocycles. The van der Waals surface area contributed by atoms with E-state index in [2.05, 4.69) is 17.6 Å². The molecule has 0 saturated carbocycles. The molecule has 7 heteroatoms. The molecule has 2 rings (SSSR count). The summed E-state index contributed by atoms with van der Waals surface area (Å²) in [5.41, 5.74) is 2.30. The number of anilines is 1. The van der Waals surface area contributed by atoms with Crippen molar-refractivity contribution in [2.24, 2.45) is 0 Å². The van der Waals surface area contributed by atoms with Gasteiger partial charge in [-0.3, -0.25) is 14.9 Å². The highest BCUT2D eigenvalue weighted by atomic mass is 32.1. The van der Waals surface area contributed by atoms with Crippen LogP contribution in [0.2, 0.25) is 0 Å². The molecule has 0 aliphatic carbocycles. The first-order chi connectivity index (χ1) is 14.4. The number of ether oxygens (including phenoxy) is 1. The second-order valence-corrected chi connectivity index (χ2v) is 7.53. The zero-order valence-electron chi connectivity index (χ0n) is 17.7. The van der Waals surface area contributed by atoms with E-state index in [9.17, 15) is 9.59 Å². The minimum absolute atomic E-state index is 0.0981. The van der Waals surface area contributed by atoms with E-state index in [4.69, 9.17) is 17.0 Å². The third-order valence-electron chi connectivity index (χ3n) is 4.43. The van der Waals surface area contributed by atoms with E-state index in [1.165, 1.54) is 0 Å². The lowest BCUT2D eigenvalue weighted by Gasteiger charge is -2.12. The van der Waals surface area contributed by atoms with E-state index in [0.29, 0.717) is 30.8 Å². The van der Waals surface area contributed by atoms with Crippen molar-refractivity contribution in [2.45, 2.75) is 32.6 Å². The fourth-order valence-electron chi connectivity index (χ4n) is 2.63. The zero-order chi connectivity index (χ0) is 21.9. The normalized spacial score (nSPS) is 10.2. The van der Waals surface area contributed by atoms with E-state index >= 15 is 0 Å². The van der Waals surface area contributed by atoms with Gasteiger partial charge in [0.05, 0.1) is 6.61 Å². The fraction of sp³-hybridized carbons (Fsp3) is 0.348. The van der Waals surface area contributed by atoms with Gasteiger partial charge in [-0.25, -0.2) is 0 Å². The van der Waals surface area contributed by atoms with Gasteiger partial charge in [-0.15, -0.1) is 0 Å². The number of hydrogen-bond donors (Lipinski definition) is 2. The first-order valence-electron chi connectivity index (χ1n) is 10.0. The standard InChI is InChI=1S/C23H29N3O3S/c1-4-5-15-29-20-8-6-7-18(16-20)22(28)25-23(30)24-19-12-9-17(10-13-19)11-14-21(27)26(2)3/h6-10,12-13,16H,4-5,11,14-15H2,1-3H3,(H2,24,25,28,30). The second-order valence-electron chi connectivity index (χ2n) is 7.12. The summed E-state index contributed by atoms with van der Waals surface area (Å²) in [7, 11) is 3.50. The number of nitrogens with one attached hydrogen (secondary N) is 2. The van der Waals surface area contributed by atoms with Crippen molar-refractivity contribution >= 4 is 34.8 Å². The summed E-state index contributed by atoms with van der Waals surface area (Å²) >= 11 is 5.25. The largest absolute Gasteiger partial charge is 0.494 e. The van der Waals surface area contributed by atoms with E-state index in [1.807, 2.05) is 30.3 Å². The topological polar surface area (TPSA) is 70.7 Å². The van der Waals surface area contributed by atoms with Crippen LogP contribution in [0, 0.1) is 0 Å². The van der Waals surface area contributed by atoms with E-state index in [0.717, 1.165) is 24.1 Å². The fourth-order valence-corrected chi connectivity index (χ4v) is 2.84. The number of carbonyl (C=O) groups is 2. The summed E-state index contributed by atoms with van der Waals surface area (Å²) in [6.07, 6.45) is 3.16. The van der Waals surface area contributed by atoms with E-state index in [1.54, 1.807) is 37.2 Å². The molecule has 160 valence electrons. The molecule has 0 aliphatic rings. The molecule has 6 nitrogen and oxygen atoms in total. The molecule has 0 atom stereocenters. The van der Waals surface area contributed by atoms with Gasteiger partial charge in [-0.2, -0.15) is 0 Å². The molecule has 0 aromatic heterocycles. The van der Waals surface area contributed by atoms with Gasteiger partial charge in [-0.05, 0) is 61.0 Å². The second kappa shape index (κ2) is 11.9. The molecule has 0 unspecified atom stereocenters. The number of nitrogens with zero attached hydrogens (tertiary/aromatic N) is 1. The van der Waals surface area contributed by atoms with Crippen LogP contribution in [0.15, 0.2) is 48.5 Å². The minimum Gasteiger partial charge on any atom is -0.494 e. The van der Waals surface area contributed by atoms with Crippen LogP contribution >= 0.6 is 12.2 Å². The molecule has 0 bridgehead atoms. The maximum Gasteiger partial charge on any atom is 0.257 e. The Hall–Kier alpha value is -2.93. The van der Waals surface area contributed by atoms with Gasteiger partial charge in [-0.1, -0.05) is 31.5 Å². The predicted octanol–water partition coefficient (Wildman–Crippen LogP) is 4.01. The summed E-state index contributed by atoms with van der Waals surface area (Å²) in [6, 6.07) is 14.7. The molecule has 2 aromatic rings. The van der Waals surface area contributed by atoms with Gasteiger partial charge in [0.1, 0.15) is 5.75 Å². The molecular weight excluding hydrogens is 398 g/mol. The zero-order valence-corrected chi connectivity index (χ0v) is 18.6. The van der Waals surface area contributed by atoms with E-state index < -0.39 is 0 Å². The predicted molar refractivity (Wildman–Crippen MR) is 124 cm³/mol. The molecule has 0 saturated heterocycles. The van der Waals surface area contributed by atoms with Gasteiger partial charge in [0.2, 0.25) is 5.91 Å². The highest BCUT2D eigenvalue weighted by Gasteiger charge is 2.10. The molecule has 30 heavy (non-hydrogen) atoms. The van der Waals surface area contributed by atoms with Crippen molar-refractivity contribution in [3.05, 3.63) is 59.7 Å². The Labute approximate surface area is 183 Å². The van der Waals surface area contributed by atoms with Gasteiger partial charge in [0.25, 0.3) is 5.91 Å². The van der Waals surface area contributed by atoms with Crippen LogP contribution < -0.4 is 15.4 Å². The summed E-state index contributed by atoms with van der Waals surface area (Å²) < 4.78 is 5.64. The maximum absolute atomic E-state index is 12.5. The highest BCUT2D eigenvalue weighted by Crippen LogP contribution is 2.15.